The Bertz CT molecular complexity index is 1170. The number of nitrogens with zero attached hydrogens (tertiary/aromatic N) is 1. The molecular formula is C23H20ClF3N2O3S. The summed E-state index contributed by atoms with van der Waals surface area (Å²) in [6.07, 6.45) is -5.35. The van der Waals surface area contributed by atoms with Crippen molar-refractivity contribution < 1.29 is 27.6 Å². The van der Waals surface area contributed by atoms with Crippen LogP contribution >= 0.6 is 22.9 Å². The number of halogens is 4. The standard InChI is InChI=1S/C23H20ClF3N2O3S/c1-21(2)10-15-18(16(30)11-21)22(23(25,26)27,28-19(31)17-8-5-9-33-17)20(32)29(15)12-13-6-3-4-7-14(13)24/h3-9H,10-12H2,1-2H3,(H,28,31)/t22-/m1/s1. The lowest BCUT2D eigenvalue weighted by Crippen LogP contribution is -2.66. The largest absolute Gasteiger partial charge is 0.425 e. The van der Waals surface area contributed by atoms with Crippen LogP contribution in [0.2, 0.25) is 5.02 Å². The number of alkyl halides is 3. The number of hydrogen-bond acceptors (Lipinski definition) is 4. The Kier molecular flexibility index (Phi) is 5.69. The van der Waals surface area contributed by atoms with Crippen LogP contribution in [-0.2, 0) is 16.1 Å². The van der Waals surface area contributed by atoms with Gasteiger partial charge in [-0.3, -0.25) is 14.4 Å². The molecule has 1 aliphatic heterocycles. The molecule has 1 aromatic heterocycles. The van der Waals surface area contributed by atoms with Crippen LogP contribution < -0.4 is 5.32 Å². The molecule has 1 aromatic carbocycles. The Labute approximate surface area is 197 Å². The van der Waals surface area contributed by atoms with Gasteiger partial charge in [-0.15, -0.1) is 11.3 Å². The van der Waals surface area contributed by atoms with E-state index in [-0.39, 0.29) is 35.0 Å². The average molecular weight is 497 g/mol. The molecular weight excluding hydrogens is 477 g/mol. The van der Waals surface area contributed by atoms with Crippen molar-refractivity contribution in [3.63, 3.8) is 0 Å². The molecule has 4 rings (SSSR count). The molecule has 1 aliphatic carbocycles. The highest BCUT2D eigenvalue weighted by atomic mass is 35.5. The summed E-state index contributed by atoms with van der Waals surface area (Å²) in [5.74, 6) is -3.28. The van der Waals surface area contributed by atoms with E-state index < -0.39 is 40.3 Å². The predicted octanol–water partition coefficient (Wildman–Crippen LogP) is 5.12. The first-order valence-corrected chi connectivity index (χ1v) is 11.4. The second-order valence-corrected chi connectivity index (χ2v) is 10.3. The second-order valence-electron chi connectivity index (χ2n) is 8.92. The van der Waals surface area contributed by atoms with Crippen LogP contribution in [0.5, 0.6) is 0 Å². The molecule has 1 atom stereocenters. The summed E-state index contributed by atoms with van der Waals surface area (Å²) in [5, 5.41) is 3.73. The molecule has 0 bridgehead atoms. The van der Waals surface area contributed by atoms with E-state index in [1.807, 2.05) is 5.32 Å². The molecule has 174 valence electrons. The van der Waals surface area contributed by atoms with E-state index in [0.717, 1.165) is 16.2 Å². The maximum absolute atomic E-state index is 14.7. The monoisotopic (exact) mass is 496 g/mol. The second kappa shape index (κ2) is 7.99. The Balaban J connectivity index is 1.89. The number of carbonyl (C=O) groups is 3. The third-order valence-electron chi connectivity index (χ3n) is 5.88. The number of rotatable bonds is 4. The van der Waals surface area contributed by atoms with Crippen molar-refractivity contribution in [3.05, 3.63) is 68.5 Å². The van der Waals surface area contributed by atoms with Gasteiger partial charge in [-0.25, -0.2) is 0 Å². The average Bonchev–Trinajstić information content (AvgIpc) is 3.31. The number of thiophene rings is 1. The van der Waals surface area contributed by atoms with Crippen molar-refractivity contribution in [2.75, 3.05) is 0 Å². The van der Waals surface area contributed by atoms with Crippen LogP contribution in [0, 0.1) is 5.41 Å². The highest BCUT2D eigenvalue weighted by Gasteiger charge is 2.71. The van der Waals surface area contributed by atoms with Crippen molar-refractivity contribution >= 4 is 40.5 Å². The molecule has 0 saturated heterocycles. The first-order valence-electron chi connectivity index (χ1n) is 10.1. The molecule has 0 unspecified atom stereocenters. The third kappa shape index (κ3) is 3.87. The molecule has 0 fully saturated rings. The zero-order chi connectivity index (χ0) is 24.2. The van der Waals surface area contributed by atoms with Gasteiger partial charge in [0.2, 0.25) is 5.54 Å². The van der Waals surface area contributed by atoms with E-state index in [1.54, 1.807) is 38.1 Å². The van der Waals surface area contributed by atoms with E-state index in [4.69, 9.17) is 11.6 Å². The van der Waals surface area contributed by atoms with E-state index in [2.05, 4.69) is 0 Å². The first kappa shape index (κ1) is 23.5. The zero-order valence-electron chi connectivity index (χ0n) is 17.8. The predicted molar refractivity (Wildman–Crippen MR) is 118 cm³/mol. The summed E-state index contributed by atoms with van der Waals surface area (Å²) in [6, 6.07) is 9.35. The molecule has 5 nitrogen and oxygen atoms in total. The van der Waals surface area contributed by atoms with Crippen molar-refractivity contribution in [1.82, 2.24) is 10.2 Å². The number of allylic oxidation sites excluding steroid dienone is 1. The molecule has 2 amide bonds. The molecule has 0 saturated carbocycles. The van der Waals surface area contributed by atoms with Crippen LogP contribution in [0.3, 0.4) is 0 Å². The van der Waals surface area contributed by atoms with Gasteiger partial charge in [0.25, 0.3) is 11.8 Å². The Morgan fingerprint density at radius 3 is 2.45 bits per heavy atom. The van der Waals surface area contributed by atoms with Crippen molar-refractivity contribution in [3.8, 4) is 0 Å². The number of ketones is 1. The summed E-state index contributed by atoms with van der Waals surface area (Å²) in [6.45, 7) is 3.25. The van der Waals surface area contributed by atoms with E-state index in [0.29, 0.717) is 5.56 Å². The number of nitrogens with one attached hydrogen (secondary N) is 1. The Hall–Kier alpha value is -2.65. The molecule has 0 radical (unpaired) electrons. The number of Topliss-reactive ketones (excluding diaryl/α,β-unsaturated/α-hetero) is 1. The van der Waals surface area contributed by atoms with E-state index >= 15 is 0 Å². The molecule has 2 aromatic rings. The van der Waals surface area contributed by atoms with Gasteiger partial charge in [0.1, 0.15) is 0 Å². The van der Waals surface area contributed by atoms with Crippen LogP contribution in [0.4, 0.5) is 13.2 Å². The minimum absolute atomic E-state index is 0.00159. The fraction of sp³-hybridized carbons (Fsp3) is 0.348. The number of amides is 2. The Morgan fingerprint density at radius 1 is 1.15 bits per heavy atom. The van der Waals surface area contributed by atoms with Gasteiger partial charge in [0, 0.05) is 17.1 Å². The number of hydrogen-bond donors (Lipinski definition) is 1. The lowest BCUT2D eigenvalue weighted by molar-refractivity contribution is -0.190. The van der Waals surface area contributed by atoms with E-state index in [1.165, 1.54) is 17.5 Å². The topological polar surface area (TPSA) is 66.5 Å². The van der Waals surface area contributed by atoms with Crippen molar-refractivity contribution in [2.24, 2.45) is 5.41 Å². The molecule has 2 aliphatic rings. The third-order valence-corrected chi connectivity index (χ3v) is 7.11. The number of benzene rings is 1. The van der Waals surface area contributed by atoms with Gasteiger partial charge < -0.3 is 10.2 Å². The van der Waals surface area contributed by atoms with Crippen LogP contribution in [0.1, 0.15) is 41.9 Å². The fourth-order valence-corrected chi connectivity index (χ4v) is 5.24. The molecule has 10 heteroatoms. The summed E-state index contributed by atoms with van der Waals surface area (Å²) in [5.41, 5.74) is -4.41. The minimum atomic E-state index is -5.25. The molecule has 33 heavy (non-hydrogen) atoms. The highest BCUT2D eigenvalue weighted by Crippen LogP contribution is 2.52. The fourth-order valence-electron chi connectivity index (χ4n) is 4.43. The van der Waals surface area contributed by atoms with Gasteiger partial charge in [0.15, 0.2) is 5.78 Å². The quantitative estimate of drug-likeness (QED) is 0.639. The first-order chi connectivity index (χ1) is 15.4. The SMILES string of the molecule is CC1(C)CC(=O)C2=C(C1)N(Cc1ccccc1Cl)C(=O)[C@@]2(NC(=O)c1cccs1)C(F)(F)F. The van der Waals surface area contributed by atoms with Crippen molar-refractivity contribution in [1.29, 1.82) is 0 Å². The van der Waals surface area contributed by atoms with Gasteiger partial charge in [0.05, 0.1) is 17.0 Å². The maximum Gasteiger partial charge on any atom is 0.425 e. The van der Waals surface area contributed by atoms with Crippen LogP contribution in [-0.4, -0.2) is 34.2 Å². The van der Waals surface area contributed by atoms with Gasteiger partial charge in [-0.05, 0) is 34.9 Å². The summed E-state index contributed by atoms with van der Waals surface area (Å²) in [7, 11) is 0. The number of carbonyl (C=O) groups excluding carboxylic acids is 3. The van der Waals surface area contributed by atoms with Gasteiger partial charge in [-0.1, -0.05) is 49.7 Å². The lowest BCUT2D eigenvalue weighted by Gasteiger charge is -2.35. The lowest BCUT2D eigenvalue weighted by atomic mass is 9.72. The van der Waals surface area contributed by atoms with Crippen molar-refractivity contribution in [2.45, 2.75) is 44.9 Å². The van der Waals surface area contributed by atoms with Gasteiger partial charge >= 0.3 is 6.18 Å². The highest BCUT2D eigenvalue weighted by molar-refractivity contribution is 7.12. The maximum atomic E-state index is 14.7. The molecule has 1 N–H and O–H groups in total. The summed E-state index contributed by atoms with van der Waals surface area (Å²) >= 11 is 7.15. The normalized spacial score (nSPS) is 22.5. The van der Waals surface area contributed by atoms with E-state index in [9.17, 15) is 27.6 Å². The smallest absolute Gasteiger partial charge is 0.326 e. The van der Waals surface area contributed by atoms with Crippen LogP contribution in [0.25, 0.3) is 0 Å². The zero-order valence-corrected chi connectivity index (χ0v) is 19.3. The molecule has 0 spiro atoms. The summed E-state index contributed by atoms with van der Waals surface area (Å²) in [4.78, 5) is 40.4. The van der Waals surface area contributed by atoms with Crippen LogP contribution in [0.15, 0.2) is 53.0 Å². The summed E-state index contributed by atoms with van der Waals surface area (Å²) < 4.78 is 44.2. The molecule has 2 heterocycles. The Morgan fingerprint density at radius 2 is 1.85 bits per heavy atom. The minimum Gasteiger partial charge on any atom is -0.326 e. The van der Waals surface area contributed by atoms with Gasteiger partial charge in [-0.2, -0.15) is 13.2 Å².